The maximum absolute atomic E-state index is 12.3. The molecule has 6 nitrogen and oxygen atoms in total. The third-order valence-electron chi connectivity index (χ3n) is 6.19. The first kappa shape index (κ1) is 13.4. The Kier molecular flexibility index (Phi) is 2.77. The Labute approximate surface area is 123 Å². The van der Waals surface area contributed by atoms with Crippen LogP contribution in [0.2, 0.25) is 0 Å². The van der Waals surface area contributed by atoms with Crippen molar-refractivity contribution in [1.82, 2.24) is 10.2 Å². The summed E-state index contributed by atoms with van der Waals surface area (Å²) in [5.74, 6) is -0.905. The zero-order valence-corrected chi connectivity index (χ0v) is 12.1. The Morgan fingerprint density at radius 1 is 1.29 bits per heavy atom. The highest BCUT2D eigenvalue weighted by molar-refractivity contribution is 5.81. The Balaban J connectivity index is 1.35. The molecule has 0 radical (unpaired) electrons. The Morgan fingerprint density at radius 2 is 2.05 bits per heavy atom. The highest BCUT2D eigenvalue weighted by atomic mass is 16.5. The Bertz CT molecular complexity index is 482. The molecule has 2 amide bonds. The largest absolute Gasteiger partial charge is 0.481 e. The summed E-state index contributed by atoms with van der Waals surface area (Å²) in [6.07, 6.45) is 6.15. The molecule has 0 bridgehead atoms. The van der Waals surface area contributed by atoms with Crippen LogP contribution >= 0.6 is 0 Å². The van der Waals surface area contributed by atoms with Crippen LogP contribution in [0.15, 0.2) is 0 Å². The van der Waals surface area contributed by atoms with Crippen LogP contribution in [-0.2, 0) is 9.53 Å². The zero-order chi connectivity index (χ0) is 14.7. The molecule has 21 heavy (non-hydrogen) atoms. The number of amides is 2. The van der Waals surface area contributed by atoms with Gasteiger partial charge in [0.15, 0.2) is 0 Å². The molecule has 2 N–H and O–H groups in total. The average molecular weight is 294 g/mol. The van der Waals surface area contributed by atoms with E-state index in [0.717, 1.165) is 12.8 Å². The standard InChI is InChI=1S/C15H22N2O4/c18-12(19)15-8-17(6-10(15)7-21-9-15)13(20)16-11-4-14(5-11)2-1-3-14/h10-11H,1-9H2,(H,16,20)(H,18,19)/t10-,15-/m1/s1. The minimum Gasteiger partial charge on any atom is -0.481 e. The fourth-order valence-electron chi connectivity index (χ4n) is 4.63. The van der Waals surface area contributed by atoms with E-state index in [-0.39, 0.29) is 31.1 Å². The van der Waals surface area contributed by atoms with Gasteiger partial charge >= 0.3 is 12.0 Å². The zero-order valence-electron chi connectivity index (χ0n) is 12.1. The van der Waals surface area contributed by atoms with E-state index in [1.54, 1.807) is 4.90 Å². The lowest BCUT2D eigenvalue weighted by atomic mass is 9.54. The van der Waals surface area contributed by atoms with Gasteiger partial charge in [-0.05, 0) is 31.1 Å². The van der Waals surface area contributed by atoms with Gasteiger partial charge in [0, 0.05) is 25.0 Å². The van der Waals surface area contributed by atoms with E-state index in [1.165, 1.54) is 19.3 Å². The van der Waals surface area contributed by atoms with Crippen LogP contribution in [0.4, 0.5) is 4.79 Å². The Morgan fingerprint density at radius 3 is 2.62 bits per heavy atom. The van der Waals surface area contributed by atoms with Crippen LogP contribution in [0.1, 0.15) is 32.1 Å². The number of aliphatic carboxylic acids is 1. The summed E-state index contributed by atoms with van der Waals surface area (Å²) in [7, 11) is 0. The maximum atomic E-state index is 12.3. The lowest BCUT2D eigenvalue weighted by Crippen LogP contribution is -2.56. The number of likely N-dealkylation sites (tertiary alicyclic amines) is 1. The second-order valence-corrected chi connectivity index (χ2v) is 7.46. The van der Waals surface area contributed by atoms with Crippen LogP contribution < -0.4 is 5.32 Å². The number of hydrogen-bond acceptors (Lipinski definition) is 3. The van der Waals surface area contributed by atoms with Gasteiger partial charge in [-0.2, -0.15) is 0 Å². The van der Waals surface area contributed by atoms with E-state index in [0.29, 0.717) is 18.6 Å². The van der Waals surface area contributed by atoms with Crippen molar-refractivity contribution in [2.75, 3.05) is 26.3 Å². The number of carbonyl (C=O) groups is 2. The number of nitrogens with zero attached hydrogens (tertiary/aromatic N) is 1. The molecule has 2 atom stereocenters. The van der Waals surface area contributed by atoms with Gasteiger partial charge in [-0.1, -0.05) is 6.42 Å². The predicted molar refractivity (Wildman–Crippen MR) is 73.8 cm³/mol. The number of carbonyl (C=O) groups excluding carboxylic acids is 1. The first-order chi connectivity index (χ1) is 10.0. The van der Waals surface area contributed by atoms with Gasteiger partial charge in [-0.3, -0.25) is 4.79 Å². The number of carboxylic acids is 1. The molecule has 2 saturated carbocycles. The van der Waals surface area contributed by atoms with Crippen molar-refractivity contribution in [3.8, 4) is 0 Å². The van der Waals surface area contributed by atoms with Gasteiger partial charge in [-0.15, -0.1) is 0 Å². The molecule has 2 saturated heterocycles. The molecule has 2 aliphatic heterocycles. The van der Waals surface area contributed by atoms with Gasteiger partial charge in [0.2, 0.25) is 0 Å². The molecule has 2 aliphatic carbocycles. The van der Waals surface area contributed by atoms with Crippen LogP contribution in [0.3, 0.4) is 0 Å². The van der Waals surface area contributed by atoms with Crippen molar-refractivity contribution >= 4 is 12.0 Å². The van der Waals surface area contributed by atoms with Crippen molar-refractivity contribution in [2.45, 2.75) is 38.1 Å². The first-order valence-corrected chi connectivity index (χ1v) is 7.90. The van der Waals surface area contributed by atoms with Crippen LogP contribution in [0.5, 0.6) is 0 Å². The van der Waals surface area contributed by atoms with Crippen molar-refractivity contribution in [1.29, 1.82) is 0 Å². The minimum absolute atomic E-state index is 0.0693. The van der Waals surface area contributed by atoms with E-state index in [4.69, 9.17) is 4.74 Å². The van der Waals surface area contributed by atoms with Crippen molar-refractivity contribution in [3.05, 3.63) is 0 Å². The molecule has 4 fully saturated rings. The molecule has 6 heteroatoms. The summed E-state index contributed by atoms with van der Waals surface area (Å²) >= 11 is 0. The summed E-state index contributed by atoms with van der Waals surface area (Å²) < 4.78 is 5.33. The number of nitrogens with one attached hydrogen (secondary N) is 1. The molecule has 0 aromatic heterocycles. The molecule has 1 spiro atoms. The van der Waals surface area contributed by atoms with Gasteiger partial charge in [-0.25, -0.2) is 4.79 Å². The number of carboxylic acid groups (broad SMARTS) is 1. The summed E-state index contributed by atoms with van der Waals surface area (Å²) in [5.41, 5.74) is -0.345. The monoisotopic (exact) mass is 294 g/mol. The first-order valence-electron chi connectivity index (χ1n) is 7.90. The van der Waals surface area contributed by atoms with E-state index in [1.807, 2.05) is 0 Å². The van der Waals surface area contributed by atoms with Gasteiger partial charge in [0.05, 0.1) is 13.2 Å². The molecular formula is C15H22N2O4. The van der Waals surface area contributed by atoms with E-state index in [9.17, 15) is 14.7 Å². The molecule has 2 heterocycles. The molecule has 4 rings (SSSR count). The maximum Gasteiger partial charge on any atom is 0.317 e. The lowest BCUT2D eigenvalue weighted by molar-refractivity contribution is -0.149. The van der Waals surface area contributed by atoms with Crippen molar-refractivity contribution in [2.24, 2.45) is 16.7 Å². The summed E-state index contributed by atoms with van der Waals surface area (Å²) in [6.45, 7) is 1.44. The summed E-state index contributed by atoms with van der Waals surface area (Å²) in [4.78, 5) is 25.6. The molecular weight excluding hydrogens is 272 g/mol. The third-order valence-corrected chi connectivity index (χ3v) is 6.19. The summed E-state index contributed by atoms with van der Waals surface area (Å²) in [5, 5.41) is 12.6. The number of rotatable bonds is 2. The average Bonchev–Trinajstić information content (AvgIpc) is 2.87. The minimum atomic E-state index is -0.883. The number of urea groups is 1. The topological polar surface area (TPSA) is 78.9 Å². The number of fused-ring (bicyclic) bond motifs is 1. The van der Waals surface area contributed by atoms with Gasteiger partial charge in [0.25, 0.3) is 0 Å². The lowest BCUT2D eigenvalue weighted by Gasteiger charge is -2.54. The van der Waals surface area contributed by atoms with Crippen molar-refractivity contribution in [3.63, 3.8) is 0 Å². The molecule has 0 aromatic rings. The SMILES string of the molecule is O=C(NC1CC2(CCC2)C1)N1C[C@@H]2COC[C@]2(C(=O)O)C1. The van der Waals surface area contributed by atoms with Crippen LogP contribution in [0.25, 0.3) is 0 Å². The predicted octanol–water partition coefficient (Wildman–Crippen LogP) is 1.06. The van der Waals surface area contributed by atoms with Crippen LogP contribution in [-0.4, -0.2) is 54.4 Å². The fourth-order valence-corrected chi connectivity index (χ4v) is 4.63. The number of hydrogen-bond donors (Lipinski definition) is 2. The third kappa shape index (κ3) is 1.88. The van der Waals surface area contributed by atoms with E-state index < -0.39 is 11.4 Å². The summed E-state index contributed by atoms with van der Waals surface area (Å²) in [6, 6.07) is 0.194. The second-order valence-electron chi connectivity index (χ2n) is 7.46. The second kappa shape index (κ2) is 4.35. The fraction of sp³-hybridized carbons (Fsp3) is 0.867. The highest BCUT2D eigenvalue weighted by Gasteiger charge is 2.57. The number of ether oxygens (including phenoxy) is 1. The Hall–Kier alpha value is -1.30. The van der Waals surface area contributed by atoms with Crippen LogP contribution in [0, 0.1) is 16.7 Å². The normalized spacial score (nSPS) is 37.0. The smallest absolute Gasteiger partial charge is 0.317 e. The highest BCUT2D eigenvalue weighted by Crippen LogP contribution is 2.55. The van der Waals surface area contributed by atoms with Gasteiger partial charge in [0.1, 0.15) is 5.41 Å². The van der Waals surface area contributed by atoms with E-state index >= 15 is 0 Å². The molecule has 0 aromatic carbocycles. The molecule has 0 unspecified atom stereocenters. The van der Waals surface area contributed by atoms with Gasteiger partial charge < -0.3 is 20.1 Å². The quantitative estimate of drug-likeness (QED) is 0.798. The molecule has 4 aliphatic rings. The van der Waals surface area contributed by atoms with Crippen molar-refractivity contribution < 1.29 is 19.4 Å². The van der Waals surface area contributed by atoms with E-state index in [2.05, 4.69) is 5.32 Å². The molecule has 116 valence electrons.